The lowest BCUT2D eigenvalue weighted by Gasteiger charge is -2.16. The van der Waals surface area contributed by atoms with Crippen molar-refractivity contribution in [1.82, 2.24) is 19.5 Å². The molecule has 1 amide bonds. The topological polar surface area (TPSA) is 122 Å². The maximum atomic E-state index is 12.1. The first-order valence-corrected chi connectivity index (χ1v) is 9.56. The highest BCUT2D eigenvalue weighted by atomic mass is 35.5. The fraction of sp³-hybridized carbons (Fsp3) is 0.647. The SMILES string of the molecule is CCCCCCC(=O)Nc1ncnc2c1ncn2[C@@H]1O[C@H](CO)C(Cl)[C@@H]1O. The first-order valence-electron chi connectivity index (χ1n) is 9.12. The summed E-state index contributed by atoms with van der Waals surface area (Å²) < 4.78 is 7.16. The van der Waals surface area contributed by atoms with Gasteiger partial charge in [-0.25, -0.2) is 15.0 Å². The Bertz CT molecular complexity index is 786. The van der Waals surface area contributed by atoms with E-state index in [9.17, 15) is 15.0 Å². The summed E-state index contributed by atoms with van der Waals surface area (Å²) in [4.78, 5) is 24.7. The first kappa shape index (κ1) is 19.9. The van der Waals surface area contributed by atoms with Crippen molar-refractivity contribution in [2.75, 3.05) is 11.9 Å². The molecule has 0 bridgehead atoms. The zero-order chi connectivity index (χ0) is 19.4. The van der Waals surface area contributed by atoms with Crippen molar-refractivity contribution in [2.45, 2.75) is 62.8 Å². The van der Waals surface area contributed by atoms with E-state index in [0.717, 1.165) is 25.7 Å². The minimum atomic E-state index is -1.03. The number of hydrogen-bond donors (Lipinski definition) is 3. The molecule has 148 valence electrons. The molecular formula is C17H24ClN5O4. The molecule has 4 atom stereocenters. The molecule has 0 spiro atoms. The number of imidazole rings is 1. The molecule has 27 heavy (non-hydrogen) atoms. The molecule has 3 heterocycles. The van der Waals surface area contributed by atoms with E-state index >= 15 is 0 Å². The smallest absolute Gasteiger partial charge is 0.225 e. The van der Waals surface area contributed by atoms with Crippen LogP contribution in [0.4, 0.5) is 5.82 Å². The van der Waals surface area contributed by atoms with Crippen LogP contribution in [0.15, 0.2) is 12.7 Å². The van der Waals surface area contributed by atoms with E-state index in [1.807, 2.05) is 0 Å². The van der Waals surface area contributed by atoms with Crippen molar-refractivity contribution >= 4 is 34.5 Å². The number of unbranched alkanes of at least 4 members (excludes halogenated alkanes) is 3. The quantitative estimate of drug-likeness (QED) is 0.456. The van der Waals surface area contributed by atoms with E-state index < -0.39 is 23.8 Å². The number of aromatic nitrogens is 4. The van der Waals surface area contributed by atoms with E-state index in [2.05, 4.69) is 27.2 Å². The largest absolute Gasteiger partial charge is 0.394 e. The third kappa shape index (κ3) is 4.21. The highest BCUT2D eigenvalue weighted by Crippen LogP contribution is 2.34. The van der Waals surface area contributed by atoms with Crippen LogP contribution >= 0.6 is 11.6 Å². The molecule has 1 aliphatic heterocycles. The normalized spacial score (nSPS) is 25.2. The lowest BCUT2D eigenvalue weighted by Crippen LogP contribution is -2.28. The monoisotopic (exact) mass is 397 g/mol. The Balaban J connectivity index is 1.76. The van der Waals surface area contributed by atoms with Gasteiger partial charge < -0.3 is 20.3 Å². The Morgan fingerprint density at radius 1 is 1.33 bits per heavy atom. The number of carbonyl (C=O) groups excluding carboxylic acids is 1. The summed E-state index contributed by atoms with van der Waals surface area (Å²) in [5.41, 5.74) is 0.798. The van der Waals surface area contributed by atoms with Gasteiger partial charge in [0, 0.05) is 6.42 Å². The molecule has 0 aliphatic carbocycles. The molecule has 0 saturated carbocycles. The van der Waals surface area contributed by atoms with E-state index in [4.69, 9.17) is 16.3 Å². The predicted octanol–water partition coefficient (Wildman–Crippen LogP) is 1.59. The second-order valence-corrected chi connectivity index (χ2v) is 7.09. The van der Waals surface area contributed by atoms with Crippen LogP contribution in [0, 0.1) is 0 Å². The molecule has 9 nitrogen and oxygen atoms in total. The van der Waals surface area contributed by atoms with Gasteiger partial charge in [-0.15, -0.1) is 11.6 Å². The maximum Gasteiger partial charge on any atom is 0.225 e. The summed E-state index contributed by atoms with van der Waals surface area (Å²) in [6.07, 6.45) is 4.69. The number of aliphatic hydroxyl groups excluding tert-OH is 2. The highest BCUT2D eigenvalue weighted by Gasteiger charge is 2.43. The van der Waals surface area contributed by atoms with Crippen LogP contribution in [0.5, 0.6) is 0 Å². The number of hydrogen-bond acceptors (Lipinski definition) is 7. The van der Waals surface area contributed by atoms with Crippen LogP contribution in [-0.2, 0) is 9.53 Å². The number of nitrogens with one attached hydrogen (secondary N) is 1. The van der Waals surface area contributed by atoms with E-state index in [0.29, 0.717) is 23.4 Å². The second-order valence-electron chi connectivity index (χ2n) is 6.59. The van der Waals surface area contributed by atoms with Gasteiger partial charge in [0.05, 0.1) is 18.3 Å². The summed E-state index contributed by atoms with van der Waals surface area (Å²) in [5, 5.41) is 21.6. The van der Waals surface area contributed by atoms with Crippen molar-refractivity contribution in [3.63, 3.8) is 0 Å². The number of halogens is 1. The fourth-order valence-corrected chi connectivity index (χ4v) is 3.39. The minimum absolute atomic E-state index is 0.126. The van der Waals surface area contributed by atoms with Crippen LogP contribution in [0.2, 0.25) is 0 Å². The van der Waals surface area contributed by atoms with E-state index in [1.165, 1.54) is 17.2 Å². The van der Waals surface area contributed by atoms with Crippen molar-refractivity contribution in [3.05, 3.63) is 12.7 Å². The third-order valence-corrected chi connectivity index (χ3v) is 5.16. The number of aliphatic hydroxyl groups is 2. The van der Waals surface area contributed by atoms with Gasteiger partial charge >= 0.3 is 0 Å². The van der Waals surface area contributed by atoms with Gasteiger partial charge in [-0.2, -0.15) is 0 Å². The van der Waals surface area contributed by atoms with Crippen LogP contribution in [-0.4, -0.2) is 59.8 Å². The minimum Gasteiger partial charge on any atom is -0.394 e. The lowest BCUT2D eigenvalue weighted by molar-refractivity contribution is -0.116. The molecular weight excluding hydrogens is 374 g/mol. The van der Waals surface area contributed by atoms with Gasteiger partial charge in [0.15, 0.2) is 23.2 Å². The predicted molar refractivity (Wildman–Crippen MR) is 99.4 cm³/mol. The van der Waals surface area contributed by atoms with Crippen molar-refractivity contribution in [2.24, 2.45) is 0 Å². The van der Waals surface area contributed by atoms with Crippen molar-refractivity contribution < 1.29 is 19.7 Å². The average Bonchev–Trinajstić information content (AvgIpc) is 3.21. The van der Waals surface area contributed by atoms with Crippen molar-refractivity contribution in [1.29, 1.82) is 0 Å². The van der Waals surface area contributed by atoms with Gasteiger partial charge in [-0.3, -0.25) is 9.36 Å². The van der Waals surface area contributed by atoms with Crippen LogP contribution in [0.25, 0.3) is 11.2 Å². The molecule has 0 radical (unpaired) electrons. The van der Waals surface area contributed by atoms with Gasteiger partial charge in [-0.05, 0) is 6.42 Å². The standard InChI is InChI=1S/C17H24ClN5O4/c1-2-3-4-5-6-11(25)22-15-13-16(20-8-19-15)23(9-21-13)17-14(26)12(18)10(7-24)27-17/h8-10,12,14,17,24,26H,2-7H2,1H3,(H,19,20,22,25)/t10-,12?,14+,17-/m1/s1. The number of anilines is 1. The summed E-state index contributed by atoms with van der Waals surface area (Å²) in [6.45, 7) is 1.82. The molecule has 3 rings (SSSR count). The number of nitrogens with zero attached hydrogens (tertiary/aromatic N) is 4. The van der Waals surface area contributed by atoms with Gasteiger partial charge in [0.2, 0.25) is 5.91 Å². The Morgan fingerprint density at radius 2 is 2.15 bits per heavy atom. The molecule has 10 heteroatoms. The van der Waals surface area contributed by atoms with Crippen molar-refractivity contribution in [3.8, 4) is 0 Å². The molecule has 2 aromatic heterocycles. The Kier molecular flexibility index (Phi) is 6.59. The maximum absolute atomic E-state index is 12.1. The Hall–Kier alpha value is -1.81. The molecule has 0 aromatic carbocycles. The van der Waals surface area contributed by atoms with Gasteiger partial charge in [0.1, 0.15) is 18.5 Å². The average molecular weight is 398 g/mol. The number of fused-ring (bicyclic) bond motifs is 1. The van der Waals surface area contributed by atoms with Crippen LogP contribution in [0.3, 0.4) is 0 Å². The number of alkyl halides is 1. The molecule has 1 unspecified atom stereocenters. The summed E-state index contributed by atoms with van der Waals surface area (Å²) in [7, 11) is 0. The van der Waals surface area contributed by atoms with Gasteiger partial charge in [-0.1, -0.05) is 26.2 Å². The Labute approximate surface area is 161 Å². The number of rotatable bonds is 8. The fourth-order valence-electron chi connectivity index (χ4n) is 3.12. The first-order chi connectivity index (χ1) is 13.1. The molecule has 1 fully saturated rings. The summed E-state index contributed by atoms with van der Waals surface area (Å²) >= 11 is 6.10. The number of carbonyl (C=O) groups is 1. The number of amides is 1. The lowest BCUT2D eigenvalue weighted by atomic mass is 10.1. The van der Waals surface area contributed by atoms with E-state index in [1.54, 1.807) is 0 Å². The summed E-state index contributed by atoms with van der Waals surface area (Å²) in [6, 6.07) is 0. The Morgan fingerprint density at radius 3 is 2.85 bits per heavy atom. The molecule has 3 N–H and O–H groups in total. The molecule has 1 saturated heterocycles. The van der Waals surface area contributed by atoms with Crippen LogP contribution < -0.4 is 5.32 Å². The van der Waals surface area contributed by atoms with E-state index in [-0.39, 0.29) is 12.5 Å². The summed E-state index contributed by atoms with van der Waals surface area (Å²) in [5.74, 6) is 0.187. The molecule has 1 aliphatic rings. The highest BCUT2D eigenvalue weighted by molar-refractivity contribution is 6.21. The number of ether oxygens (including phenoxy) is 1. The molecule has 2 aromatic rings. The van der Waals surface area contributed by atoms with Crippen LogP contribution in [0.1, 0.15) is 45.3 Å². The third-order valence-electron chi connectivity index (χ3n) is 4.62. The van der Waals surface area contributed by atoms with Gasteiger partial charge in [0.25, 0.3) is 0 Å². The zero-order valence-corrected chi connectivity index (χ0v) is 15.8. The zero-order valence-electron chi connectivity index (χ0n) is 15.1. The second kappa shape index (κ2) is 8.92.